The van der Waals surface area contributed by atoms with Gasteiger partial charge in [0.25, 0.3) is 0 Å². The second-order valence-electron chi connectivity index (χ2n) is 7.77. The molecule has 2 atom stereocenters. The van der Waals surface area contributed by atoms with Gasteiger partial charge in [0.15, 0.2) is 0 Å². The van der Waals surface area contributed by atoms with E-state index in [2.05, 4.69) is 18.2 Å². The van der Waals surface area contributed by atoms with Crippen LogP contribution in [0, 0.1) is 11.8 Å². The minimum absolute atomic E-state index is 0.105. The lowest BCUT2D eigenvalue weighted by molar-refractivity contribution is -0.137. The van der Waals surface area contributed by atoms with Crippen molar-refractivity contribution < 1.29 is 19.8 Å². The van der Waals surface area contributed by atoms with Crippen LogP contribution in [0.15, 0.2) is 42.5 Å². The summed E-state index contributed by atoms with van der Waals surface area (Å²) in [5.74, 6) is 0.303. The molecule has 1 fully saturated rings. The van der Waals surface area contributed by atoms with Gasteiger partial charge >= 0.3 is 5.97 Å². The van der Waals surface area contributed by atoms with Crippen LogP contribution in [0.2, 0.25) is 0 Å². The van der Waals surface area contributed by atoms with Crippen molar-refractivity contribution in [3.05, 3.63) is 48.0 Å². The standard InChI is InChI=1S/C24H28O4/c25-21-13-11-19-15-17(8-10-20(19)16-21)7-9-18-12-14-23(26)22(18)5-3-1-2-4-6-24(27)28/h7-11,13,15-16,18,22,25H,1-6,12,14H2,(H,27,28)/b9-7+. The fraction of sp³-hybridized carbons (Fsp3) is 0.417. The number of aromatic hydroxyl groups is 1. The molecular formula is C24H28O4. The minimum atomic E-state index is -0.735. The molecule has 1 saturated carbocycles. The molecule has 1 aliphatic carbocycles. The first kappa shape index (κ1) is 20.1. The predicted octanol–water partition coefficient (Wildman–Crippen LogP) is 5.58. The molecule has 4 nitrogen and oxygen atoms in total. The molecular weight excluding hydrogens is 352 g/mol. The molecule has 0 radical (unpaired) electrons. The highest BCUT2D eigenvalue weighted by molar-refractivity contribution is 5.86. The van der Waals surface area contributed by atoms with Crippen molar-refractivity contribution in [1.82, 2.24) is 0 Å². The van der Waals surface area contributed by atoms with Gasteiger partial charge in [-0.1, -0.05) is 49.6 Å². The van der Waals surface area contributed by atoms with Gasteiger partial charge in [0.1, 0.15) is 11.5 Å². The molecule has 3 rings (SSSR count). The molecule has 2 aromatic rings. The van der Waals surface area contributed by atoms with Crippen LogP contribution in [0.1, 0.15) is 56.9 Å². The first-order valence-corrected chi connectivity index (χ1v) is 10.2. The highest BCUT2D eigenvalue weighted by atomic mass is 16.4. The van der Waals surface area contributed by atoms with Gasteiger partial charge in [-0.15, -0.1) is 0 Å². The molecule has 4 heteroatoms. The third kappa shape index (κ3) is 5.44. The van der Waals surface area contributed by atoms with Crippen LogP contribution >= 0.6 is 0 Å². The van der Waals surface area contributed by atoms with E-state index in [-0.39, 0.29) is 18.1 Å². The van der Waals surface area contributed by atoms with Crippen molar-refractivity contribution in [2.45, 2.75) is 51.4 Å². The third-order valence-electron chi connectivity index (χ3n) is 5.69. The molecule has 2 unspecified atom stereocenters. The van der Waals surface area contributed by atoms with Crippen LogP contribution in [0.3, 0.4) is 0 Å². The largest absolute Gasteiger partial charge is 0.508 e. The maximum absolute atomic E-state index is 12.3. The van der Waals surface area contributed by atoms with E-state index in [1.807, 2.05) is 18.2 Å². The van der Waals surface area contributed by atoms with Gasteiger partial charge in [-0.05, 0) is 59.7 Å². The van der Waals surface area contributed by atoms with Crippen molar-refractivity contribution >= 4 is 28.6 Å². The fourth-order valence-corrected chi connectivity index (χ4v) is 4.12. The molecule has 0 aromatic heterocycles. The summed E-state index contributed by atoms with van der Waals surface area (Å²) in [7, 11) is 0. The first-order valence-electron chi connectivity index (χ1n) is 10.2. The van der Waals surface area contributed by atoms with Crippen molar-refractivity contribution in [2.75, 3.05) is 0 Å². The van der Waals surface area contributed by atoms with E-state index in [0.717, 1.165) is 54.9 Å². The van der Waals surface area contributed by atoms with E-state index < -0.39 is 5.97 Å². The quantitative estimate of drug-likeness (QED) is 0.557. The summed E-state index contributed by atoms with van der Waals surface area (Å²) >= 11 is 0. The molecule has 0 amide bonds. The number of benzene rings is 2. The Labute approximate surface area is 165 Å². The molecule has 0 saturated heterocycles. The number of allylic oxidation sites excluding steroid dienone is 1. The summed E-state index contributed by atoms with van der Waals surface area (Å²) < 4.78 is 0. The second-order valence-corrected chi connectivity index (χ2v) is 7.77. The van der Waals surface area contributed by atoms with Crippen molar-refractivity contribution in [2.24, 2.45) is 11.8 Å². The first-order chi connectivity index (χ1) is 13.5. The molecule has 148 valence electrons. The molecule has 28 heavy (non-hydrogen) atoms. The molecule has 0 aliphatic heterocycles. The van der Waals surface area contributed by atoms with E-state index in [1.54, 1.807) is 12.1 Å². The van der Waals surface area contributed by atoms with Gasteiger partial charge in [-0.3, -0.25) is 9.59 Å². The zero-order valence-corrected chi connectivity index (χ0v) is 16.1. The van der Waals surface area contributed by atoms with Crippen molar-refractivity contribution in [1.29, 1.82) is 0 Å². The van der Waals surface area contributed by atoms with Gasteiger partial charge in [-0.2, -0.15) is 0 Å². The van der Waals surface area contributed by atoms with Gasteiger partial charge in [0.05, 0.1) is 0 Å². The Kier molecular flexibility index (Phi) is 6.85. The van der Waals surface area contributed by atoms with Crippen LogP contribution < -0.4 is 0 Å². The Morgan fingerprint density at radius 3 is 2.61 bits per heavy atom. The van der Waals surface area contributed by atoms with Gasteiger partial charge < -0.3 is 10.2 Å². The van der Waals surface area contributed by atoms with E-state index in [1.165, 1.54) is 0 Å². The Morgan fingerprint density at radius 1 is 1.04 bits per heavy atom. The minimum Gasteiger partial charge on any atom is -0.508 e. The average Bonchev–Trinajstić information content (AvgIpc) is 3.02. The van der Waals surface area contributed by atoms with E-state index in [4.69, 9.17) is 5.11 Å². The number of hydrogen-bond acceptors (Lipinski definition) is 3. The Balaban J connectivity index is 1.55. The number of carbonyl (C=O) groups excluding carboxylic acids is 1. The summed E-state index contributed by atoms with van der Waals surface area (Å²) in [6.07, 6.45) is 10.6. The number of Topliss-reactive ketones (excluding diaryl/α,β-unsaturated/α-hetero) is 1. The molecule has 2 N–H and O–H groups in total. The number of carboxylic acids is 1. The number of carboxylic acid groups (broad SMARTS) is 1. The van der Waals surface area contributed by atoms with Crippen LogP contribution in [-0.4, -0.2) is 22.0 Å². The van der Waals surface area contributed by atoms with E-state index >= 15 is 0 Å². The normalized spacial score (nSPS) is 19.6. The lowest BCUT2D eigenvalue weighted by atomic mass is 9.89. The average molecular weight is 380 g/mol. The van der Waals surface area contributed by atoms with Crippen molar-refractivity contribution in [3.63, 3.8) is 0 Å². The number of phenolic OH excluding ortho intramolecular Hbond substituents is 1. The highest BCUT2D eigenvalue weighted by Gasteiger charge is 2.32. The summed E-state index contributed by atoms with van der Waals surface area (Å²) in [5, 5.41) is 20.3. The monoisotopic (exact) mass is 380 g/mol. The zero-order chi connectivity index (χ0) is 19.9. The molecule has 2 aromatic carbocycles. The summed E-state index contributed by atoms with van der Waals surface area (Å²) in [5.41, 5.74) is 1.10. The summed E-state index contributed by atoms with van der Waals surface area (Å²) in [4.78, 5) is 22.8. The summed E-state index contributed by atoms with van der Waals surface area (Å²) in [6.45, 7) is 0. The molecule has 0 heterocycles. The second kappa shape index (κ2) is 9.54. The summed E-state index contributed by atoms with van der Waals surface area (Å²) in [6, 6.07) is 11.5. The number of ketones is 1. The van der Waals surface area contributed by atoms with Crippen molar-refractivity contribution in [3.8, 4) is 5.75 Å². The van der Waals surface area contributed by atoms with Crippen LogP contribution in [0.4, 0.5) is 0 Å². The highest BCUT2D eigenvalue weighted by Crippen LogP contribution is 2.34. The van der Waals surface area contributed by atoms with Gasteiger partial charge in [0, 0.05) is 18.8 Å². The predicted molar refractivity (Wildman–Crippen MR) is 111 cm³/mol. The Morgan fingerprint density at radius 2 is 1.79 bits per heavy atom. The molecule has 0 spiro atoms. The number of aliphatic carboxylic acids is 1. The number of fused-ring (bicyclic) bond motifs is 1. The third-order valence-corrected chi connectivity index (χ3v) is 5.69. The fourth-order valence-electron chi connectivity index (χ4n) is 4.12. The van der Waals surface area contributed by atoms with Crippen LogP contribution in [0.5, 0.6) is 5.75 Å². The smallest absolute Gasteiger partial charge is 0.303 e. The maximum atomic E-state index is 12.3. The SMILES string of the molecule is O=C(O)CCCCCCC1C(=O)CCC1/C=C/c1ccc2cc(O)ccc2c1. The maximum Gasteiger partial charge on any atom is 0.303 e. The molecule has 1 aliphatic rings. The van der Waals surface area contributed by atoms with Gasteiger partial charge in [-0.25, -0.2) is 0 Å². The van der Waals surface area contributed by atoms with Crippen LogP contribution in [0.25, 0.3) is 16.8 Å². The number of unbranched alkanes of at least 4 members (excludes halogenated alkanes) is 3. The van der Waals surface area contributed by atoms with E-state index in [0.29, 0.717) is 18.1 Å². The number of phenols is 1. The Hall–Kier alpha value is -2.62. The topological polar surface area (TPSA) is 74.6 Å². The zero-order valence-electron chi connectivity index (χ0n) is 16.1. The number of rotatable bonds is 9. The molecule has 0 bridgehead atoms. The van der Waals surface area contributed by atoms with Gasteiger partial charge in [0.2, 0.25) is 0 Å². The lowest BCUT2D eigenvalue weighted by Gasteiger charge is -2.15. The number of carbonyl (C=O) groups is 2. The lowest BCUT2D eigenvalue weighted by Crippen LogP contribution is -2.13. The Bertz CT molecular complexity index is 868. The van der Waals surface area contributed by atoms with E-state index in [9.17, 15) is 14.7 Å². The number of hydrogen-bond donors (Lipinski definition) is 2. The van der Waals surface area contributed by atoms with Crippen LogP contribution in [-0.2, 0) is 9.59 Å².